The van der Waals surface area contributed by atoms with E-state index in [-0.39, 0.29) is 10.9 Å². The Kier molecular flexibility index (Phi) is 7.71. The van der Waals surface area contributed by atoms with E-state index in [0.717, 1.165) is 27.6 Å². The molecule has 0 fully saturated rings. The smallest absolute Gasteiger partial charge is 0.264 e. The molecule has 8 heteroatoms. The largest absolute Gasteiger partial charge is 0.494 e. The van der Waals surface area contributed by atoms with E-state index in [1.165, 1.54) is 12.1 Å². The molecule has 0 aliphatic rings. The SMILES string of the molecule is CCOc1ccc(N(CC(=O)NC(C)c2ccc(C)cc2)S(=O)(=O)c2ccc(F)cc2)cc1. The van der Waals surface area contributed by atoms with E-state index >= 15 is 0 Å². The number of hydrogen-bond donors (Lipinski definition) is 1. The van der Waals surface area contributed by atoms with Crippen LogP contribution in [-0.4, -0.2) is 27.5 Å². The van der Waals surface area contributed by atoms with Crippen LogP contribution in [0, 0.1) is 12.7 Å². The topological polar surface area (TPSA) is 75.7 Å². The first-order valence-corrected chi connectivity index (χ1v) is 12.0. The van der Waals surface area contributed by atoms with Crippen LogP contribution in [0.5, 0.6) is 5.75 Å². The molecule has 3 aromatic rings. The summed E-state index contributed by atoms with van der Waals surface area (Å²) in [5, 5.41) is 2.85. The maximum absolute atomic E-state index is 13.4. The van der Waals surface area contributed by atoms with Gasteiger partial charge in [-0.05, 0) is 74.9 Å². The van der Waals surface area contributed by atoms with E-state index < -0.39 is 28.3 Å². The second-order valence-corrected chi connectivity index (χ2v) is 9.45. The molecule has 0 spiro atoms. The average molecular weight is 471 g/mol. The van der Waals surface area contributed by atoms with E-state index in [1.807, 2.05) is 45.0 Å². The van der Waals surface area contributed by atoms with Crippen molar-refractivity contribution in [2.24, 2.45) is 0 Å². The Morgan fingerprint density at radius 2 is 1.61 bits per heavy atom. The second-order valence-electron chi connectivity index (χ2n) is 7.59. The van der Waals surface area contributed by atoms with Crippen molar-refractivity contribution >= 4 is 21.6 Å². The molecule has 1 atom stereocenters. The summed E-state index contributed by atoms with van der Waals surface area (Å²) in [5.41, 5.74) is 2.30. The fourth-order valence-corrected chi connectivity index (χ4v) is 4.70. The van der Waals surface area contributed by atoms with Crippen LogP contribution in [-0.2, 0) is 14.8 Å². The highest BCUT2D eigenvalue weighted by Gasteiger charge is 2.28. The van der Waals surface area contributed by atoms with Crippen molar-refractivity contribution in [3.05, 3.63) is 89.7 Å². The average Bonchev–Trinajstić information content (AvgIpc) is 2.79. The maximum Gasteiger partial charge on any atom is 0.264 e. The van der Waals surface area contributed by atoms with Gasteiger partial charge >= 0.3 is 0 Å². The highest BCUT2D eigenvalue weighted by atomic mass is 32.2. The molecule has 33 heavy (non-hydrogen) atoms. The Hall–Kier alpha value is -3.39. The van der Waals surface area contributed by atoms with Crippen molar-refractivity contribution in [3.63, 3.8) is 0 Å². The van der Waals surface area contributed by atoms with Gasteiger partial charge in [0.15, 0.2) is 0 Å². The summed E-state index contributed by atoms with van der Waals surface area (Å²) < 4.78 is 46.6. The van der Waals surface area contributed by atoms with E-state index in [0.29, 0.717) is 18.0 Å². The predicted octanol–water partition coefficient (Wildman–Crippen LogP) is 4.61. The van der Waals surface area contributed by atoms with Crippen LogP contribution in [0.25, 0.3) is 0 Å². The van der Waals surface area contributed by atoms with Gasteiger partial charge in [-0.1, -0.05) is 29.8 Å². The highest BCUT2D eigenvalue weighted by molar-refractivity contribution is 7.92. The molecule has 1 unspecified atom stereocenters. The van der Waals surface area contributed by atoms with Crippen LogP contribution < -0.4 is 14.4 Å². The molecule has 0 bridgehead atoms. The van der Waals surface area contributed by atoms with E-state index in [1.54, 1.807) is 24.3 Å². The Morgan fingerprint density at radius 3 is 2.18 bits per heavy atom. The van der Waals surface area contributed by atoms with Gasteiger partial charge in [-0.15, -0.1) is 0 Å². The fraction of sp³-hybridized carbons (Fsp3) is 0.240. The molecule has 0 radical (unpaired) electrons. The van der Waals surface area contributed by atoms with Gasteiger partial charge in [-0.2, -0.15) is 0 Å². The number of aryl methyl sites for hydroxylation is 1. The van der Waals surface area contributed by atoms with Crippen LogP contribution in [0.2, 0.25) is 0 Å². The van der Waals surface area contributed by atoms with Crippen LogP contribution >= 0.6 is 0 Å². The molecular formula is C25H27FN2O4S. The van der Waals surface area contributed by atoms with Crippen molar-refractivity contribution in [3.8, 4) is 5.75 Å². The van der Waals surface area contributed by atoms with Gasteiger partial charge in [0.2, 0.25) is 5.91 Å². The van der Waals surface area contributed by atoms with Crippen LogP contribution in [0.4, 0.5) is 10.1 Å². The number of carbonyl (C=O) groups excluding carboxylic acids is 1. The summed E-state index contributed by atoms with van der Waals surface area (Å²) in [6.45, 7) is 5.68. The quantitative estimate of drug-likeness (QED) is 0.496. The van der Waals surface area contributed by atoms with Crippen LogP contribution in [0.3, 0.4) is 0 Å². The molecule has 0 saturated heterocycles. The minimum Gasteiger partial charge on any atom is -0.494 e. The molecule has 0 aromatic heterocycles. The van der Waals surface area contributed by atoms with E-state index in [4.69, 9.17) is 4.74 Å². The number of nitrogens with one attached hydrogen (secondary N) is 1. The third kappa shape index (κ3) is 6.10. The van der Waals surface area contributed by atoms with Crippen molar-refractivity contribution in [2.45, 2.75) is 31.7 Å². The third-order valence-corrected chi connectivity index (χ3v) is 6.87. The molecule has 0 saturated carbocycles. The third-order valence-electron chi connectivity index (χ3n) is 5.08. The Balaban J connectivity index is 1.88. The van der Waals surface area contributed by atoms with Crippen molar-refractivity contribution in [2.75, 3.05) is 17.5 Å². The lowest BCUT2D eigenvalue weighted by molar-refractivity contribution is -0.120. The number of nitrogens with zero attached hydrogens (tertiary/aromatic N) is 1. The first kappa shape index (κ1) is 24.3. The summed E-state index contributed by atoms with van der Waals surface area (Å²) in [5.74, 6) is -0.438. The highest BCUT2D eigenvalue weighted by Crippen LogP contribution is 2.26. The molecule has 6 nitrogen and oxygen atoms in total. The molecular weight excluding hydrogens is 443 g/mol. The minimum atomic E-state index is -4.13. The van der Waals surface area contributed by atoms with Gasteiger partial charge in [-0.25, -0.2) is 12.8 Å². The number of amides is 1. The Morgan fingerprint density at radius 1 is 1.00 bits per heavy atom. The van der Waals surface area contributed by atoms with E-state index in [9.17, 15) is 17.6 Å². The monoisotopic (exact) mass is 470 g/mol. The standard InChI is InChI=1S/C25H27FN2O4S/c1-4-32-23-13-11-22(12-14-23)28(33(30,31)24-15-9-21(26)10-16-24)17-25(29)27-19(3)20-7-5-18(2)6-8-20/h5-16,19H,4,17H2,1-3H3,(H,27,29). The molecule has 1 amide bonds. The van der Waals surface area contributed by atoms with Crippen molar-refractivity contribution < 1.29 is 22.3 Å². The van der Waals surface area contributed by atoms with E-state index in [2.05, 4.69) is 5.32 Å². The lowest BCUT2D eigenvalue weighted by Gasteiger charge is -2.25. The van der Waals surface area contributed by atoms with Gasteiger partial charge in [0.1, 0.15) is 18.1 Å². The zero-order valence-corrected chi connectivity index (χ0v) is 19.6. The molecule has 3 aromatic carbocycles. The lowest BCUT2D eigenvalue weighted by Crippen LogP contribution is -2.41. The fourth-order valence-electron chi connectivity index (χ4n) is 3.28. The molecule has 3 rings (SSSR count). The van der Waals surface area contributed by atoms with Gasteiger partial charge in [0.05, 0.1) is 23.2 Å². The number of ether oxygens (including phenoxy) is 1. The summed E-state index contributed by atoms with van der Waals surface area (Å²) in [7, 11) is -4.13. The van der Waals surface area contributed by atoms with Crippen molar-refractivity contribution in [1.29, 1.82) is 0 Å². The summed E-state index contributed by atoms with van der Waals surface area (Å²) in [6, 6.07) is 18.3. The normalized spacial score (nSPS) is 12.1. The minimum absolute atomic E-state index is 0.114. The Labute approximate surface area is 194 Å². The summed E-state index contributed by atoms with van der Waals surface area (Å²) >= 11 is 0. The molecule has 0 aliphatic carbocycles. The zero-order chi connectivity index (χ0) is 24.0. The zero-order valence-electron chi connectivity index (χ0n) is 18.8. The Bertz CT molecular complexity index is 1180. The predicted molar refractivity (Wildman–Crippen MR) is 126 cm³/mol. The van der Waals surface area contributed by atoms with Gasteiger partial charge in [0.25, 0.3) is 10.0 Å². The number of anilines is 1. The molecule has 174 valence electrons. The number of hydrogen-bond acceptors (Lipinski definition) is 4. The van der Waals surface area contributed by atoms with Gasteiger partial charge in [-0.3, -0.25) is 9.10 Å². The first-order valence-electron chi connectivity index (χ1n) is 10.6. The van der Waals surface area contributed by atoms with Gasteiger partial charge < -0.3 is 10.1 Å². The second kappa shape index (κ2) is 10.5. The molecule has 0 heterocycles. The molecule has 0 aliphatic heterocycles. The maximum atomic E-state index is 13.4. The van der Waals surface area contributed by atoms with Crippen LogP contribution in [0.15, 0.2) is 77.7 Å². The summed E-state index contributed by atoms with van der Waals surface area (Å²) in [4.78, 5) is 12.8. The van der Waals surface area contributed by atoms with Gasteiger partial charge in [0, 0.05) is 0 Å². The number of carbonyl (C=O) groups is 1. The molecule has 1 N–H and O–H groups in total. The number of sulfonamides is 1. The number of halogens is 1. The first-order chi connectivity index (χ1) is 15.7. The number of benzene rings is 3. The van der Waals surface area contributed by atoms with Crippen molar-refractivity contribution in [1.82, 2.24) is 5.32 Å². The lowest BCUT2D eigenvalue weighted by atomic mass is 10.1. The summed E-state index contributed by atoms with van der Waals surface area (Å²) in [6.07, 6.45) is 0. The number of rotatable bonds is 9. The van der Waals surface area contributed by atoms with Crippen LogP contribution in [0.1, 0.15) is 31.0 Å².